The lowest BCUT2D eigenvalue weighted by molar-refractivity contribution is -0.129. The van der Waals surface area contributed by atoms with Crippen LogP contribution in [0.1, 0.15) is 25.0 Å². The Balaban J connectivity index is 1.64. The summed E-state index contributed by atoms with van der Waals surface area (Å²) in [5, 5.41) is 8.63. The highest BCUT2D eigenvalue weighted by atomic mass is 16.5. The summed E-state index contributed by atoms with van der Waals surface area (Å²) in [6.45, 7) is 2.68. The summed E-state index contributed by atoms with van der Waals surface area (Å²) in [5.41, 5.74) is 10.0. The smallest absolute Gasteiger partial charge is 0.243 e. The standard InChI is InChI=1S/C18H23N9O3/c19-17-20-9-11(10-21-17)15-23-14-12(3-1-2-4-13(28)26-29)22-18(25-16(14)24-15)27-5-7-30-8-6-27/h9-10,29H,1-8H2,(H,26,28)(H2,19,20,21)(H,22,23,24,25). The maximum atomic E-state index is 11.2. The van der Waals surface area contributed by atoms with Crippen molar-refractivity contribution in [1.82, 2.24) is 35.4 Å². The van der Waals surface area contributed by atoms with Gasteiger partial charge in [-0.05, 0) is 19.3 Å². The zero-order valence-corrected chi connectivity index (χ0v) is 16.3. The maximum Gasteiger partial charge on any atom is 0.243 e. The van der Waals surface area contributed by atoms with Crippen molar-refractivity contribution >= 4 is 29.0 Å². The van der Waals surface area contributed by atoms with E-state index in [1.807, 2.05) is 0 Å². The van der Waals surface area contributed by atoms with E-state index in [1.54, 1.807) is 17.9 Å². The topological polar surface area (TPSA) is 168 Å². The van der Waals surface area contributed by atoms with Gasteiger partial charge in [0, 0.05) is 31.9 Å². The molecule has 0 atom stereocenters. The Labute approximate surface area is 171 Å². The Morgan fingerprint density at radius 3 is 2.70 bits per heavy atom. The average Bonchev–Trinajstić information content (AvgIpc) is 3.22. The molecule has 0 radical (unpaired) electrons. The average molecular weight is 413 g/mol. The van der Waals surface area contributed by atoms with Crippen LogP contribution in [0.25, 0.3) is 22.6 Å². The Morgan fingerprint density at radius 1 is 1.20 bits per heavy atom. The third-order valence-corrected chi connectivity index (χ3v) is 4.85. The number of carbonyl (C=O) groups is 1. The minimum atomic E-state index is -0.399. The first kappa shape index (κ1) is 19.9. The molecule has 3 aromatic heterocycles. The second-order valence-electron chi connectivity index (χ2n) is 6.93. The number of ether oxygens (including phenoxy) is 1. The third-order valence-electron chi connectivity index (χ3n) is 4.85. The SMILES string of the molecule is Nc1ncc(-c2nc3nc(N4CCOCC4)nc(CCCCC(=O)NO)c3[nH]2)cn1. The van der Waals surface area contributed by atoms with Crippen LogP contribution in [0.15, 0.2) is 12.4 Å². The number of aromatic nitrogens is 6. The number of carbonyl (C=O) groups excluding carboxylic acids is 1. The molecule has 0 unspecified atom stereocenters. The molecule has 3 aromatic rings. The molecular weight excluding hydrogens is 390 g/mol. The molecule has 1 amide bonds. The number of rotatable bonds is 7. The van der Waals surface area contributed by atoms with Crippen molar-refractivity contribution in [3.05, 3.63) is 18.1 Å². The number of imidazole rings is 1. The Morgan fingerprint density at radius 2 is 1.97 bits per heavy atom. The molecule has 0 aliphatic carbocycles. The summed E-state index contributed by atoms with van der Waals surface area (Å²) in [7, 11) is 0. The normalized spacial score (nSPS) is 14.2. The van der Waals surface area contributed by atoms with Crippen molar-refractivity contribution in [2.45, 2.75) is 25.7 Å². The minimum absolute atomic E-state index is 0.192. The van der Waals surface area contributed by atoms with Gasteiger partial charge in [0.15, 0.2) is 5.65 Å². The van der Waals surface area contributed by atoms with Gasteiger partial charge >= 0.3 is 0 Å². The van der Waals surface area contributed by atoms with E-state index in [4.69, 9.17) is 20.7 Å². The fourth-order valence-electron chi connectivity index (χ4n) is 3.26. The van der Waals surface area contributed by atoms with Gasteiger partial charge in [-0.2, -0.15) is 4.98 Å². The number of nitrogen functional groups attached to an aromatic ring is 1. The van der Waals surface area contributed by atoms with Crippen LogP contribution in [0.4, 0.5) is 11.9 Å². The highest BCUT2D eigenvalue weighted by Gasteiger charge is 2.19. The summed E-state index contributed by atoms with van der Waals surface area (Å²) in [6, 6.07) is 0. The maximum absolute atomic E-state index is 11.2. The molecule has 1 aliphatic heterocycles. The summed E-state index contributed by atoms with van der Waals surface area (Å²) in [6.07, 6.45) is 5.43. The molecular formula is C18H23N9O3. The summed E-state index contributed by atoms with van der Waals surface area (Å²) >= 11 is 0. The number of nitrogens with two attached hydrogens (primary N) is 1. The third kappa shape index (κ3) is 4.44. The van der Waals surface area contributed by atoms with Gasteiger partial charge in [-0.25, -0.2) is 25.4 Å². The Hall–Kier alpha value is -3.38. The number of unbranched alkanes of at least 4 members (excludes halogenated alkanes) is 1. The number of hydroxylamine groups is 1. The number of hydrogen-bond donors (Lipinski definition) is 4. The van der Waals surface area contributed by atoms with E-state index >= 15 is 0 Å². The van der Waals surface area contributed by atoms with Crippen LogP contribution in [0.3, 0.4) is 0 Å². The minimum Gasteiger partial charge on any atom is -0.378 e. The van der Waals surface area contributed by atoms with Crippen molar-refractivity contribution in [3.8, 4) is 11.4 Å². The zero-order valence-electron chi connectivity index (χ0n) is 16.3. The van der Waals surface area contributed by atoms with Crippen molar-refractivity contribution < 1.29 is 14.7 Å². The first-order valence-electron chi connectivity index (χ1n) is 9.74. The second kappa shape index (κ2) is 8.97. The van der Waals surface area contributed by atoms with E-state index in [9.17, 15) is 4.79 Å². The molecule has 0 bridgehead atoms. The molecule has 4 heterocycles. The highest BCUT2D eigenvalue weighted by Crippen LogP contribution is 2.24. The molecule has 30 heavy (non-hydrogen) atoms. The monoisotopic (exact) mass is 413 g/mol. The molecule has 158 valence electrons. The summed E-state index contributed by atoms with van der Waals surface area (Å²) in [4.78, 5) is 38.6. The highest BCUT2D eigenvalue weighted by molar-refractivity contribution is 5.79. The van der Waals surface area contributed by atoms with E-state index in [0.29, 0.717) is 62.1 Å². The van der Waals surface area contributed by atoms with Crippen molar-refractivity contribution in [2.75, 3.05) is 36.9 Å². The molecule has 0 spiro atoms. The fraction of sp³-hybridized carbons (Fsp3) is 0.444. The van der Waals surface area contributed by atoms with Crippen LogP contribution in [-0.4, -0.2) is 67.3 Å². The summed E-state index contributed by atoms with van der Waals surface area (Å²) < 4.78 is 5.42. The van der Waals surface area contributed by atoms with Gasteiger partial charge in [0.05, 0.1) is 24.5 Å². The van der Waals surface area contributed by atoms with Gasteiger partial charge in [0.2, 0.25) is 17.8 Å². The number of fused-ring (bicyclic) bond motifs is 1. The van der Waals surface area contributed by atoms with Gasteiger partial charge in [0.25, 0.3) is 0 Å². The van der Waals surface area contributed by atoms with E-state index in [-0.39, 0.29) is 12.4 Å². The predicted octanol–water partition coefficient (Wildman–Crippen LogP) is 0.447. The van der Waals surface area contributed by atoms with E-state index in [1.165, 1.54) is 0 Å². The van der Waals surface area contributed by atoms with Gasteiger partial charge in [-0.1, -0.05) is 0 Å². The van der Waals surface area contributed by atoms with E-state index in [2.05, 4.69) is 29.8 Å². The number of aromatic amines is 1. The van der Waals surface area contributed by atoms with Crippen molar-refractivity contribution in [1.29, 1.82) is 0 Å². The van der Waals surface area contributed by atoms with Crippen LogP contribution < -0.4 is 16.1 Å². The molecule has 0 saturated carbocycles. The predicted molar refractivity (Wildman–Crippen MR) is 108 cm³/mol. The van der Waals surface area contributed by atoms with Gasteiger partial charge in [0.1, 0.15) is 11.3 Å². The molecule has 12 nitrogen and oxygen atoms in total. The van der Waals surface area contributed by atoms with Crippen molar-refractivity contribution in [3.63, 3.8) is 0 Å². The number of H-pyrrole nitrogens is 1. The number of morpholine rings is 1. The number of amides is 1. The van der Waals surface area contributed by atoms with Crippen LogP contribution in [0, 0.1) is 0 Å². The number of nitrogens with zero attached hydrogens (tertiary/aromatic N) is 6. The van der Waals surface area contributed by atoms with E-state index < -0.39 is 5.91 Å². The lowest BCUT2D eigenvalue weighted by atomic mass is 10.1. The summed E-state index contributed by atoms with van der Waals surface area (Å²) in [5.74, 6) is 0.987. The molecule has 1 fully saturated rings. The Bertz CT molecular complexity index is 1020. The second-order valence-corrected chi connectivity index (χ2v) is 6.93. The van der Waals surface area contributed by atoms with Gasteiger partial charge < -0.3 is 20.4 Å². The lowest BCUT2D eigenvalue weighted by Gasteiger charge is -2.26. The zero-order chi connectivity index (χ0) is 20.9. The molecule has 12 heteroatoms. The van der Waals surface area contributed by atoms with Crippen LogP contribution in [-0.2, 0) is 16.0 Å². The molecule has 4 rings (SSSR count). The quantitative estimate of drug-likeness (QED) is 0.242. The molecule has 0 aromatic carbocycles. The first-order valence-corrected chi connectivity index (χ1v) is 9.74. The number of hydrogen-bond acceptors (Lipinski definition) is 10. The molecule has 1 aliphatic rings. The van der Waals surface area contributed by atoms with E-state index in [0.717, 1.165) is 17.6 Å². The van der Waals surface area contributed by atoms with Crippen LogP contribution in [0.2, 0.25) is 0 Å². The van der Waals surface area contributed by atoms with Gasteiger partial charge in [-0.15, -0.1) is 0 Å². The fourth-order valence-corrected chi connectivity index (χ4v) is 3.26. The van der Waals surface area contributed by atoms with Crippen molar-refractivity contribution in [2.24, 2.45) is 0 Å². The largest absolute Gasteiger partial charge is 0.378 e. The first-order chi connectivity index (χ1) is 14.6. The van der Waals surface area contributed by atoms with Crippen LogP contribution in [0.5, 0.6) is 0 Å². The molecule has 5 N–H and O–H groups in total. The van der Waals surface area contributed by atoms with Crippen LogP contribution >= 0.6 is 0 Å². The van der Waals surface area contributed by atoms with Gasteiger partial charge in [-0.3, -0.25) is 10.0 Å². The number of nitrogens with one attached hydrogen (secondary N) is 2. The lowest BCUT2D eigenvalue weighted by Crippen LogP contribution is -2.37. The number of anilines is 2. The number of aryl methyl sites for hydroxylation is 1. The molecule has 1 saturated heterocycles. The Kier molecular flexibility index (Phi) is 5.95.